The maximum absolute atomic E-state index is 6.29. The van der Waals surface area contributed by atoms with Crippen LogP contribution in [0.3, 0.4) is 0 Å². The van der Waals surface area contributed by atoms with Crippen molar-refractivity contribution in [3.8, 4) is 0 Å². The number of hydrogen-bond donors (Lipinski definition) is 2. The first-order chi connectivity index (χ1) is 21.4. The molecule has 4 aromatic heterocycles. The highest BCUT2D eigenvalue weighted by molar-refractivity contribution is 7.26. The standard InChI is InChI=1S/C32H41N7O4S/c1-32(2)16-26-23(18-43-32)22(17-39(3)9-10-41-13-14-42-12-11-40-4)27-28-29(44-31(27)38-26)30(37-20-36-28)33-8-7-21-5-6-24-25(15-21)35-19-34-24/h5-6,15,19-20H,7-14,16-18H2,1-4H3,(H,34,35)(H,33,36,37). The molecule has 1 aromatic carbocycles. The fourth-order valence-corrected chi connectivity index (χ4v) is 6.74. The molecule has 44 heavy (non-hydrogen) atoms. The Kier molecular flexibility index (Phi) is 9.65. The second kappa shape index (κ2) is 13.8. The third-order valence-electron chi connectivity index (χ3n) is 7.95. The number of benzene rings is 1. The summed E-state index contributed by atoms with van der Waals surface area (Å²) in [6.07, 6.45) is 5.01. The minimum Gasteiger partial charge on any atom is -0.382 e. The van der Waals surface area contributed by atoms with E-state index in [0.29, 0.717) is 39.6 Å². The van der Waals surface area contributed by atoms with E-state index in [-0.39, 0.29) is 5.60 Å². The van der Waals surface area contributed by atoms with E-state index in [2.05, 4.69) is 64.3 Å². The van der Waals surface area contributed by atoms with Gasteiger partial charge in [-0.15, -0.1) is 11.3 Å². The topological polar surface area (TPSA) is 120 Å². The molecule has 0 aliphatic carbocycles. The fourth-order valence-electron chi connectivity index (χ4n) is 5.59. The molecule has 0 spiro atoms. The summed E-state index contributed by atoms with van der Waals surface area (Å²) in [5.74, 6) is 0.842. The maximum atomic E-state index is 6.29. The number of hydrogen-bond acceptors (Lipinski definition) is 11. The SMILES string of the molecule is COCCOCCOCCN(C)Cc1c2c(nc3sc4c(NCCc5ccc6[nH]cnc6c5)ncnc4c13)CC(C)(C)OC2. The van der Waals surface area contributed by atoms with E-state index in [1.807, 2.05) is 0 Å². The molecule has 0 atom stereocenters. The number of likely N-dealkylation sites (N-methyl/N-ethyl adjacent to an activating group) is 1. The van der Waals surface area contributed by atoms with Gasteiger partial charge in [-0.05, 0) is 50.6 Å². The van der Waals surface area contributed by atoms with Crippen LogP contribution in [0.15, 0.2) is 30.9 Å². The maximum Gasteiger partial charge on any atom is 0.147 e. The Hall–Kier alpha value is -3.26. The summed E-state index contributed by atoms with van der Waals surface area (Å²) in [7, 11) is 3.80. The number of pyridine rings is 1. The average molecular weight is 620 g/mol. The quantitative estimate of drug-likeness (QED) is 0.159. The molecule has 0 saturated carbocycles. The smallest absolute Gasteiger partial charge is 0.147 e. The number of aromatic amines is 1. The third kappa shape index (κ3) is 7.01. The van der Waals surface area contributed by atoms with Gasteiger partial charge in [0.05, 0.1) is 78.5 Å². The lowest BCUT2D eigenvalue weighted by Crippen LogP contribution is -2.34. The first kappa shape index (κ1) is 30.8. The molecule has 0 radical (unpaired) electrons. The number of ether oxygens (including phenoxy) is 4. The van der Waals surface area contributed by atoms with E-state index in [9.17, 15) is 0 Å². The molecule has 0 bridgehead atoms. The van der Waals surface area contributed by atoms with E-state index in [0.717, 1.165) is 75.5 Å². The summed E-state index contributed by atoms with van der Waals surface area (Å²) >= 11 is 1.66. The molecular formula is C32H41N7O4S. The molecule has 234 valence electrons. The van der Waals surface area contributed by atoms with Crippen LogP contribution < -0.4 is 5.32 Å². The molecule has 0 fully saturated rings. The van der Waals surface area contributed by atoms with Crippen molar-refractivity contribution in [2.75, 3.05) is 65.6 Å². The molecule has 0 unspecified atom stereocenters. The number of rotatable bonds is 15. The predicted octanol–water partition coefficient (Wildman–Crippen LogP) is 4.73. The Bertz CT molecular complexity index is 1720. The second-order valence-corrected chi connectivity index (χ2v) is 12.8. The molecular weight excluding hydrogens is 578 g/mol. The summed E-state index contributed by atoms with van der Waals surface area (Å²) < 4.78 is 23.7. The van der Waals surface area contributed by atoms with Crippen LogP contribution in [0, 0.1) is 0 Å². The highest BCUT2D eigenvalue weighted by Crippen LogP contribution is 2.41. The van der Waals surface area contributed by atoms with Gasteiger partial charge in [-0.3, -0.25) is 4.90 Å². The lowest BCUT2D eigenvalue weighted by atomic mass is 9.92. The van der Waals surface area contributed by atoms with Crippen LogP contribution in [0.2, 0.25) is 0 Å². The van der Waals surface area contributed by atoms with Crippen LogP contribution in [0.1, 0.15) is 36.2 Å². The van der Waals surface area contributed by atoms with Gasteiger partial charge in [-0.2, -0.15) is 0 Å². The van der Waals surface area contributed by atoms with Crippen molar-refractivity contribution in [2.45, 2.75) is 45.4 Å². The Morgan fingerprint density at radius 3 is 2.80 bits per heavy atom. The molecule has 1 aliphatic heterocycles. The highest BCUT2D eigenvalue weighted by atomic mass is 32.1. The van der Waals surface area contributed by atoms with Gasteiger partial charge in [-0.1, -0.05) is 6.07 Å². The van der Waals surface area contributed by atoms with Gasteiger partial charge in [0.2, 0.25) is 0 Å². The van der Waals surface area contributed by atoms with E-state index in [1.165, 1.54) is 16.7 Å². The summed E-state index contributed by atoms with van der Waals surface area (Å²) in [5, 5.41) is 4.67. The minimum atomic E-state index is -0.252. The van der Waals surface area contributed by atoms with Crippen LogP contribution >= 0.6 is 11.3 Å². The van der Waals surface area contributed by atoms with Crippen LogP contribution in [-0.4, -0.2) is 95.7 Å². The lowest BCUT2D eigenvalue weighted by Gasteiger charge is -2.33. The summed E-state index contributed by atoms with van der Waals surface area (Å²) in [4.78, 5) is 25.5. The van der Waals surface area contributed by atoms with Crippen molar-refractivity contribution in [2.24, 2.45) is 0 Å². The van der Waals surface area contributed by atoms with E-state index >= 15 is 0 Å². The van der Waals surface area contributed by atoms with Crippen molar-refractivity contribution in [3.63, 3.8) is 0 Å². The van der Waals surface area contributed by atoms with Gasteiger partial charge >= 0.3 is 0 Å². The normalized spacial score (nSPS) is 14.7. The summed E-state index contributed by atoms with van der Waals surface area (Å²) in [6, 6.07) is 6.35. The fraction of sp³-hybridized carbons (Fsp3) is 0.500. The molecule has 11 nitrogen and oxygen atoms in total. The van der Waals surface area contributed by atoms with Crippen molar-refractivity contribution in [1.82, 2.24) is 29.8 Å². The highest BCUT2D eigenvalue weighted by Gasteiger charge is 2.31. The summed E-state index contributed by atoms with van der Waals surface area (Å²) in [5.41, 5.74) is 7.46. The molecule has 0 saturated heterocycles. The van der Waals surface area contributed by atoms with E-state index in [1.54, 1.807) is 31.1 Å². The predicted molar refractivity (Wildman–Crippen MR) is 173 cm³/mol. The van der Waals surface area contributed by atoms with Crippen molar-refractivity contribution < 1.29 is 18.9 Å². The Morgan fingerprint density at radius 2 is 1.93 bits per heavy atom. The second-order valence-electron chi connectivity index (χ2n) is 11.8. The Balaban J connectivity index is 1.21. The molecule has 6 rings (SSSR count). The van der Waals surface area contributed by atoms with E-state index in [4.69, 9.17) is 28.9 Å². The largest absolute Gasteiger partial charge is 0.382 e. The van der Waals surface area contributed by atoms with E-state index < -0.39 is 0 Å². The van der Waals surface area contributed by atoms with Crippen LogP contribution in [0.4, 0.5) is 5.82 Å². The number of imidazole rings is 1. The number of nitrogens with one attached hydrogen (secondary N) is 2. The molecule has 12 heteroatoms. The van der Waals surface area contributed by atoms with Crippen LogP contribution in [0.5, 0.6) is 0 Å². The first-order valence-electron chi connectivity index (χ1n) is 15.1. The number of thiophene rings is 1. The number of anilines is 1. The molecule has 1 aliphatic rings. The molecule has 5 aromatic rings. The summed E-state index contributed by atoms with van der Waals surface area (Å²) in [6.45, 7) is 10.0. The van der Waals surface area contributed by atoms with Gasteiger partial charge < -0.3 is 29.2 Å². The monoisotopic (exact) mass is 619 g/mol. The van der Waals surface area contributed by atoms with Gasteiger partial charge in [0, 0.05) is 44.1 Å². The van der Waals surface area contributed by atoms with Gasteiger partial charge in [0.1, 0.15) is 17.0 Å². The first-order valence-corrected chi connectivity index (χ1v) is 15.9. The zero-order chi connectivity index (χ0) is 30.5. The minimum absolute atomic E-state index is 0.252. The molecule has 0 amide bonds. The average Bonchev–Trinajstić information content (AvgIpc) is 3.62. The van der Waals surface area contributed by atoms with Crippen molar-refractivity contribution in [3.05, 3.63) is 53.2 Å². The lowest BCUT2D eigenvalue weighted by molar-refractivity contribution is -0.0416. The van der Waals surface area contributed by atoms with Crippen molar-refractivity contribution >= 4 is 48.6 Å². The van der Waals surface area contributed by atoms with Crippen molar-refractivity contribution in [1.29, 1.82) is 0 Å². The zero-order valence-electron chi connectivity index (χ0n) is 25.9. The van der Waals surface area contributed by atoms with Gasteiger partial charge in [0.25, 0.3) is 0 Å². The number of nitrogens with zero attached hydrogens (tertiary/aromatic N) is 5. The third-order valence-corrected chi connectivity index (χ3v) is 9.03. The van der Waals surface area contributed by atoms with Crippen LogP contribution in [0.25, 0.3) is 31.5 Å². The Labute approximate surface area is 261 Å². The number of methoxy groups -OCH3 is 1. The number of fused-ring (bicyclic) bond motifs is 5. The van der Waals surface area contributed by atoms with Crippen LogP contribution in [-0.2, 0) is 44.9 Å². The number of H-pyrrole nitrogens is 1. The van der Waals surface area contributed by atoms with Gasteiger partial charge in [0.15, 0.2) is 0 Å². The number of aromatic nitrogens is 5. The Morgan fingerprint density at radius 1 is 1.09 bits per heavy atom. The zero-order valence-corrected chi connectivity index (χ0v) is 26.8. The van der Waals surface area contributed by atoms with Gasteiger partial charge in [-0.25, -0.2) is 19.9 Å². The molecule has 2 N–H and O–H groups in total. The molecule has 5 heterocycles.